The van der Waals surface area contributed by atoms with E-state index in [2.05, 4.69) is 12.2 Å². The quantitative estimate of drug-likeness (QED) is 0.846. The van der Waals surface area contributed by atoms with E-state index in [4.69, 9.17) is 9.47 Å². The summed E-state index contributed by atoms with van der Waals surface area (Å²) in [6, 6.07) is 5.90. The van der Waals surface area contributed by atoms with Crippen molar-refractivity contribution in [2.24, 2.45) is 0 Å². The molecule has 1 saturated carbocycles. The number of methoxy groups -OCH3 is 2. The zero-order valence-corrected chi connectivity index (χ0v) is 13.3. The maximum Gasteiger partial charge on any atom is 0.123 e. The van der Waals surface area contributed by atoms with Crippen LogP contribution in [0.3, 0.4) is 0 Å². The van der Waals surface area contributed by atoms with E-state index < -0.39 is 5.60 Å². The first-order valence-corrected chi connectivity index (χ1v) is 7.76. The normalized spacial score (nSPS) is 19.0. The fraction of sp³-hybridized carbons (Fsp3) is 0.647. The summed E-state index contributed by atoms with van der Waals surface area (Å²) in [5, 5.41) is 14.0. The summed E-state index contributed by atoms with van der Waals surface area (Å²) in [6.07, 6.45) is 5.26. The number of hydrogen-bond acceptors (Lipinski definition) is 4. The van der Waals surface area contributed by atoms with Gasteiger partial charge in [-0.25, -0.2) is 0 Å². The second-order valence-electron chi connectivity index (χ2n) is 6.00. The van der Waals surface area contributed by atoms with Crippen LogP contribution in [0.15, 0.2) is 18.2 Å². The molecule has 0 heterocycles. The van der Waals surface area contributed by atoms with Gasteiger partial charge in [0.05, 0.1) is 19.8 Å². The number of aliphatic hydroxyl groups is 1. The third kappa shape index (κ3) is 4.11. The van der Waals surface area contributed by atoms with Crippen LogP contribution in [0.25, 0.3) is 0 Å². The molecule has 1 unspecified atom stereocenters. The van der Waals surface area contributed by atoms with Gasteiger partial charge in [-0.3, -0.25) is 0 Å². The average Bonchev–Trinajstić information content (AvgIpc) is 2.52. The highest BCUT2D eigenvalue weighted by Crippen LogP contribution is 2.31. The Morgan fingerprint density at radius 1 is 1.19 bits per heavy atom. The standard InChI is InChI=1S/C17H27NO3/c1-13(18-12-17(19)9-5-4-6-10-17)15-11-14(20-2)7-8-16(15)21-3/h7-8,11,13,18-19H,4-6,9-10,12H2,1-3H3. The Bertz CT molecular complexity index is 455. The lowest BCUT2D eigenvalue weighted by Gasteiger charge is -2.33. The number of rotatable bonds is 6. The first-order chi connectivity index (χ1) is 10.1. The number of ether oxygens (including phenoxy) is 2. The van der Waals surface area contributed by atoms with Crippen LogP contribution in [0.5, 0.6) is 11.5 Å². The Labute approximate surface area is 127 Å². The maximum atomic E-state index is 10.6. The molecule has 21 heavy (non-hydrogen) atoms. The topological polar surface area (TPSA) is 50.7 Å². The Morgan fingerprint density at radius 2 is 1.90 bits per heavy atom. The first kappa shape index (κ1) is 16.1. The molecule has 1 aliphatic rings. The number of nitrogens with one attached hydrogen (secondary N) is 1. The zero-order valence-electron chi connectivity index (χ0n) is 13.3. The van der Waals surface area contributed by atoms with E-state index in [0.29, 0.717) is 6.54 Å². The van der Waals surface area contributed by atoms with Crippen molar-refractivity contribution in [3.8, 4) is 11.5 Å². The summed E-state index contributed by atoms with van der Waals surface area (Å²) < 4.78 is 10.7. The minimum absolute atomic E-state index is 0.0981. The monoisotopic (exact) mass is 293 g/mol. The van der Waals surface area contributed by atoms with E-state index in [1.54, 1.807) is 14.2 Å². The highest BCUT2D eigenvalue weighted by Gasteiger charge is 2.29. The second kappa shape index (κ2) is 7.14. The fourth-order valence-electron chi connectivity index (χ4n) is 3.02. The molecule has 0 aromatic heterocycles. The van der Waals surface area contributed by atoms with Crippen LogP contribution >= 0.6 is 0 Å². The highest BCUT2D eigenvalue weighted by molar-refractivity contribution is 5.42. The van der Waals surface area contributed by atoms with E-state index >= 15 is 0 Å². The molecule has 0 bridgehead atoms. The van der Waals surface area contributed by atoms with Gasteiger partial charge < -0.3 is 19.9 Å². The van der Waals surface area contributed by atoms with Gasteiger partial charge in [0.15, 0.2) is 0 Å². The van der Waals surface area contributed by atoms with Crippen LogP contribution in [0.2, 0.25) is 0 Å². The lowest BCUT2D eigenvalue weighted by atomic mass is 9.84. The second-order valence-corrected chi connectivity index (χ2v) is 6.00. The molecule has 4 nitrogen and oxygen atoms in total. The van der Waals surface area contributed by atoms with E-state index in [1.165, 1.54) is 6.42 Å². The number of benzene rings is 1. The van der Waals surface area contributed by atoms with Crippen molar-refractivity contribution in [1.82, 2.24) is 5.32 Å². The lowest BCUT2D eigenvalue weighted by Crippen LogP contribution is -2.42. The van der Waals surface area contributed by atoms with Crippen molar-refractivity contribution >= 4 is 0 Å². The molecule has 2 rings (SSSR count). The predicted molar refractivity (Wildman–Crippen MR) is 84.0 cm³/mol. The Kier molecular flexibility index (Phi) is 5.48. The molecule has 0 radical (unpaired) electrons. The number of hydrogen-bond donors (Lipinski definition) is 2. The molecule has 2 N–H and O–H groups in total. The minimum Gasteiger partial charge on any atom is -0.497 e. The molecule has 0 spiro atoms. The molecule has 1 atom stereocenters. The van der Waals surface area contributed by atoms with Gasteiger partial charge in [0, 0.05) is 18.2 Å². The molecule has 1 fully saturated rings. The summed E-state index contributed by atoms with van der Waals surface area (Å²) in [6.45, 7) is 2.71. The van der Waals surface area contributed by atoms with Gasteiger partial charge >= 0.3 is 0 Å². The van der Waals surface area contributed by atoms with Crippen molar-refractivity contribution in [2.75, 3.05) is 20.8 Å². The maximum absolute atomic E-state index is 10.6. The van der Waals surface area contributed by atoms with E-state index in [1.807, 2.05) is 18.2 Å². The Hall–Kier alpha value is -1.26. The molecule has 118 valence electrons. The Balaban J connectivity index is 2.03. The van der Waals surface area contributed by atoms with Crippen LogP contribution in [0.1, 0.15) is 50.6 Å². The van der Waals surface area contributed by atoms with Crippen molar-refractivity contribution in [2.45, 2.75) is 50.7 Å². The molecular weight excluding hydrogens is 266 g/mol. The predicted octanol–water partition coefficient (Wildman–Crippen LogP) is 3.05. The molecular formula is C17H27NO3. The average molecular weight is 293 g/mol. The molecule has 1 aliphatic carbocycles. The fourth-order valence-corrected chi connectivity index (χ4v) is 3.02. The lowest BCUT2D eigenvalue weighted by molar-refractivity contribution is 0.00295. The molecule has 4 heteroatoms. The minimum atomic E-state index is -0.557. The largest absolute Gasteiger partial charge is 0.497 e. The van der Waals surface area contributed by atoms with E-state index in [9.17, 15) is 5.11 Å². The van der Waals surface area contributed by atoms with Crippen LogP contribution in [-0.4, -0.2) is 31.5 Å². The van der Waals surface area contributed by atoms with Crippen LogP contribution in [-0.2, 0) is 0 Å². The molecule has 1 aromatic rings. The molecule has 0 amide bonds. The summed E-state index contributed by atoms with van der Waals surface area (Å²) in [7, 11) is 3.33. The van der Waals surface area contributed by atoms with Crippen LogP contribution in [0.4, 0.5) is 0 Å². The van der Waals surface area contributed by atoms with Gasteiger partial charge in [-0.05, 0) is 38.0 Å². The molecule has 1 aromatic carbocycles. The van der Waals surface area contributed by atoms with E-state index in [-0.39, 0.29) is 6.04 Å². The smallest absolute Gasteiger partial charge is 0.123 e. The van der Waals surface area contributed by atoms with Gasteiger partial charge in [-0.15, -0.1) is 0 Å². The van der Waals surface area contributed by atoms with Gasteiger partial charge in [0.25, 0.3) is 0 Å². The first-order valence-electron chi connectivity index (χ1n) is 7.76. The Morgan fingerprint density at radius 3 is 2.52 bits per heavy atom. The van der Waals surface area contributed by atoms with Gasteiger partial charge in [0.2, 0.25) is 0 Å². The van der Waals surface area contributed by atoms with Gasteiger partial charge in [0.1, 0.15) is 11.5 Å². The van der Waals surface area contributed by atoms with Crippen LogP contribution < -0.4 is 14.8 Å². The third-order valence-corrected chi connectivity index (χ3v) is 4.42. The zero-order chi connectivity index (χ0) is 15.3. The van der Waals surface area contributed by atoms with Crippen molar-refractivity contribution in [1.29, 1.82) is 0 Å². The third-order valence-electron chi connectivity index (χ3n) is 4.42. The van der Waals surface area contributed by atoms with Crippen molar-refractivity contribution < 1.29 is 14.6 Å². The summed E-state index contributed by atoms with van der Waals surface area (Å²) >= 11 is 0. The summed E-state index contributed by atoms with van der Waals surface area (Å²) in [4.78, 5) is 0. The molecule has 0 saturated heterocycles. The van der Waals surface area contributed by atoms with Gasteiger partial charge in [-0.1, -0.05) is 19.3 Å². The SMILES string of the molecule is COc1ccc(OC)c(C(C)NCC2(O)CCCCC2)c1. The summed E-state index contributed by atoms with van der Waals surface area (Å²) in [5.41, 5.74) is 0.495. The summed E-state index contributed by atoms with van der Waals surface area (Å²) in [5.74, 6) is 1.65. The van der Waals surface area contributed by atoms with Crippen LogP contribution in [0, 0.1) is 0 Å². The van der Waals surface area contributed by atoms with Crippen molar-refractivity contribution in [3.63, 3.8) is 0 Å². The highest BCUT2D eigenvalue weighted by atomic mass is 16.5. The van der Waals surface area contributed by atoms with E-state index in [0.717, 1.165) is 42.7 Å². The van der Waals surface area contributed by atoms with Crippen molar-refractivity contribution in [3.05, 3.63) is 23.8 Å². The van der Waals surface area contributed by atoms with Gasteiger partial charge in [-0.2, -0.15) is 0 Å². The molecule has 0 aliphatic heterocycles.